The van der Waals surface area contributed by atoms with Gasteiger partial charge < -0.3 is 4.98 Å². The van der Waals surface area contributed by atoms with Crippen LogP contribution in [-0.4, -0.2) is 4.98 Å². The second kappa shape index (κ2) is 5.02. The Morgan fingerprint density at radius 2 is 1.85 bits per heavy atom. The molecular weight excluding hydrogens is 248 g/mol. The number of aromatic amines is 1. The fraction of sp³-hybridized carbons (Fsp3) is 0.0588. The maximum atomic E-state index is 12.1. The second-order valence-corrected chi connectivity index (χ2v) is 4.65. The number of aromatic nitrogens is 1. The minimum atomic E-state index is -0.212. The van der Waals surface area contributed by atoms with E-state index in [0.29, 0.717) is 5.39 Å². The van der Waals surface area contributed by atoms with Crippen LogP contribution in [0.2, 0.25) is 0 Å². The number of hydrogen-bond acceptors (Lipinski definition) is 2. The van der Waals surface area contributed by atoms with Crippen molar-refractivity contribution in [1.82, 2.24) is 4.98 Å². The van der Waals surface area contributed by atoms with Gasteiger partial charge in [0.25, 0.3) is 0 Å². The third kappa shape index (κ3) is 2.08. The molecule has 0 aliphatic heterocycles. The maximum Gasteiger partial charge on any atom is 0.207 e. The summed E-state index contributed by atoms with van der Waals surface area (Å²) in [6, 6.07) is 17.6. The Morgan fingerprint density at radius 3 is 2.60 bits per heavy atom. The van der Waals surface area contributed by atoms with E-state index in [1.54, 1.807) is 6.07 Å². The lowest BCUT2D eigenvalue weighted by Crippen LogP contribution is -2.08. The van der Waals surface area contributed by atoms with Crippen molar-refractivity contribution in [2.24, 2.45) is 0 Å². The van der Waals surface area contributed by atoms with Gasteiger partial charge in [0.2, 0.25) is 5.43 Å². The highest BCUT2D eigenvalue weighted by Gasteiger charge is 2.08. The monoisotopic (exact) mass is 260 g/mol. The Hall–Kier alpha value is -2.86. The molecule has 0 aliphatic rings. The summed E-state index contributed by atoms with van der Waals surface area (Å²) in [4.78, 5) is 15.2. The zero-order valence-corrected chi connectivity index (χ0v) is 10.8. The van der Waals surface area contributed by atoms with E-state index in [4.69, 9.17) is 5.26 Å². The molecule has 3 heteroatoms. The molecule has 0 saturated carbocycles. The summed E-state index contributed by atoms with van der Waals surface area (Å²) >= 11 is 0. The van der Waals surface area contributed by atoms with Gasteiger partial charge in [-0.1, -0.05) is 42.5 Å². The van der Waals surface area contributed by atoms with Crippen LogP contribution in [0.1, 0.15) is 16.7 Å². The Bertz CT molecular complexity index is 858. The Morgan fingerprint density at radius 1 is 1.05 bits per heavy atom. The van der Waals surface area contributed by atoms with Gasteiger partial charge >= 0.3 is 0 Å². The van der Waals surface area contributed by atoms with Crippen LogP contribution < -0.4 is 5.43 Å². The highest BCUT2D eigenvalue weighted by Crippen LogP contribution is 2.17. The van der Waals surface area contributed by atoms with E-state index in [0.717, 1.165) is 17.5 Å². The predicted molar refractivity (Wildman–Crippen MR) is 78.5 cm³/mol. The summed E-state index contributed by atoms with van der Waals surface area (Å²) in [7, 11) is 0. The molecule has 0 radical (unpaired) electrons. The van der Waals surface area contributed by atoms with Crippen LogP contribution in [0.4, 0.5) is 0 Å². The summed E-state index contributed by atoms with van der Waals surface area (Å²) in [6.07, 6.45) is 2.24. The van der Waals surface area contributed by atoms with Crippen molar-refractivity contribution in [3.05, 3.63) is 81.6 Å². The number of rotatable bonds is 2. The van der Waals surface area contributed by atoms with Crippen LogP contribution in [0.3, 0.4) is 0 Å². The minimum Gasteiger partial charge on any atom is -0.359 e. The number of para-hydroxylation sites is 1. The number of fused-ring (bicyclic) bond motifs is 1. The zero-order valence-electron chi connectivity index (χ0n) is 10.8. The molecule has 0 aliphatic carbocycles. The lowest BCUT2D eigenvalue weighted by Gasteiger charge is -2.06. The molecule has 96 valence electrons. The van der Waals surface area contributed by atoms with Crippen LogP contribution in [-0.2, 0) is 6.42 Å². The minimum absolute atomic E-state index is 0.148. The highest BCUT2D eigenvalue weighted by molar-refractivity contribution is 5.82. The fourth-order valence-electron chi connectivity index (χ4n) is 2.36. The van der Waals surface area contributed by atoms with Gasteiger partial charge in [-0.3, -0.25) is 4.79 Å². The first-order chi connectivity index (χ1) is 9.79. The lowest BCUT2D eigenvalue weighted by atomic mass is 10.0. The Balaban J connectivity index is 2.16. The van der Waals surface area contributed by atoms with E-state index in [1.807, 2.05) is 36.4 Å². The van der Waals surface area contributed by atoms with Crippen LogP contribution in [0, 0.1) is 11.3 Å². The van der Waals surface area contributed by atoms with Gasteiger partial charge in [-0.2, -0.15) is 5.26 Å². The van der Waals surface area contributed by atoms with Crippen LogP contribution in [0.25, 0.3) is 10.9 Å². The highest BCUT2D eigenvalue weighted by atomic mass is 16.1. The molecule has 0 fully saturated rings. The molecule has 3 nitrogen and oxygen atoms in total. The number of nitriles is 1. The molecule has 1 heterocycles. The standard InChI is InChI=1S/C17H12N2O/c18-10-14-11-19-16-13(7-4-8-15(16)17(14)20)9-12-5-2-1-3-6-12/h1-8,11H,9H2,(H,19,20). The largest absolute Gasteiger partial charge is 0.359 e. The summed E-state index contributed by atoms with van der Waals surface area (Å²) in [5.41, 5.74) is 2.98. The van der Waals surface area contributed by atoms with Crippen molar-refractivity contribution < 1.29 is 0 Å². The van der Waals surface area contributed by atoms with E-state index >= 15 is 0 Å². The van der Waals surface area contributed by atoms with Crippen molar-refractivity contribution in [2.75, 3.05) is 0 Å². The predicted octanol–water partition coefficient (Wildman–Crippen LogP) is 2.99. The van der Waals surface area contributed by atoms with Crippen molar-refractivity contribution in [3.63, 3.8) is 0 Å². The molecular formula is C17H12N2O. The van der Waals surface area contributed by atoms with Gasteiger partial charge in [-0.15, -0.1) is 0 Å². The molecule has 0 bridgehead atoms. The first-order valence-corrected chi connectivity index (χ1v) is 6.37. The summed E-state index contributed by atoms with van der Waals surface area (Å²) in [6.45, 7) is 0. The molecule has 0 saturated heterocycles. The summed E-state index contributed by atoms with van der Waals surface area (Å²) < 4.78 is 0. The fourth-order valence-corrected chi connectivity index (χ4v) is 2.36. The molecule has 0 unspecified atom stereocenters. The van der Waals surface area contributed by atoms with E-state index in [-0.39, 0.29) is 11.0 Å². The smallest absolute Gasteiger partial charge is 0.207 e. The van der Waals surface area contributed by atoms with Crippen molar-refractivity contribution >= 4 is 10.9 Å². The summed E-state index contributed by atoms with van der Waals surface area (Å²) in [5, 5.41) is 9.48. The van der Waals surface area contributed by atoms with Crippen LogP contribution in [0.5, 0.6) is 0 Å². The van der Waals surface area contributed by atoms with Gasteiger partial charge in [0.05, 0.1) is 5.52 Å². The maximum absolute atomic E-state index is 12.1. The number of hydrogen-bond donors (Lipinski definition) is 1. The van der Waals surface area contributed by atoms with E-state index in [9.17, 15) is 4.79 Å². The van der Waals surface area contributed by atoms with E-state index < -0.39 is 0 Å². The number of nitrogens with zero attached hydrogens (tertiary/aromatic N) is 1. The van der Waals surface area contributed by atoms with Crippen LogP contribution >= 0.6 is 0 Å². The average molecular weight is 260 g/mol. The molecule has 1 N–H and O–H groups in total. The lowest BCUT2D eigenvalue weighted by molar-refractivity contribution is 1.19. The molecule has 0 atom stereocenters. The number of pyridine rings is 1. The quantitative estimate of drug-likeness (QED) is 0.770. The average Bonchev–Trinajstić information content (AvgIpc) is 2.49. The molecule has 20 heavy (non-hydrogen) atoms. The third-order valence-electron chi connectivity index (χ3n) is 3.36. The first kappa shape index (κ1) is 12.2. The Labute approximate surface area is 116 Å². The van der Waals surface area contributed by atoms with Gasteiger partial charge in [0.15, 0.2) is 0 Å². The van der Waals surface area contributed by atoms with Gasteiger partial charge in [-0.25, -0.2) is 0 Å². The molecule has 2 aromatic carbocycles. The van der Waals surface area contributed by atoms with Gasteiger partial charge in [0.1, 0.15) is 11.6 Å². The Kier molecular flexibility index (Phi) is 3.06. The first-order valence-electron chi connectivity index (χ1n) is 6.37. The van der Waals surface area contributed by atoms with Crippen molar-refractivity contribution in [1.29, 1.82) is 5.26 Å². The van der Waals surface area contributed by atoms with Crippen molar-refractivity contribution in [2.45, 2.75) is 6.42 Å². The number of nitrogens with one attached hydrogen (secondary N) is 1. The molecule has 3 rings (SSSR count). The molecule has 1 aromatic heterocycles. The topological polar surface area (TPSA) is 56.6 Å². The third-order valence-corrected chi connectivity index (χ3v) is 3.36. The summed E-state index contributed by atoms with van der Waals surface area (Å²) in [5.74, 6) is 0. The second-order valence-electron chi connectivity index (χ2n) is 4.65. The molecule has 0 amide bonds. The SMILES string of the molecule is N#Cc1c[nH]c2c(Cc3ccccc3)cccc2c1=O. The molecule has 3 aromatic rings. The number of benzene rings is 2. The van der Waals surface area contributed by atoms with E-state index in [2.05, 4.69) is 17.1 Å². The van der Waals surface area contributed by atoms with Crippen LogP contribution in [0.15, 0.2) is 59.5 Å². The van der Waals surface area contributed by atoms with Crippen molar-refractivity contribution in [3.8, 4) is 6.07 Å². The zero-order chi connectivity index (χ0) is 13.9. The van der Waals surface area contributed by atoms with E-state index in [1.165, 1.54) is 11.8 Å². The normalized spacial score (nSPS) is 10.3. The number of H-pyrrole nitrogens is 1. The molecule has 0 spiro atoms. The van der Waals surface area contributed by atoms with Gasteiger partial charge in [0, 0.05) is 11.6 Å². The van der Waals surface area contributed by atoms with Gasteiger partial charge in [-0.05, 0) is 23.6 Å².